The average Bonchev–Trinajstić information content (AvgIpc) is 2.61. The van der Waals surface area contributed by atoms with Gasteiger partial charge in [-0.05, 0) is 81.1 Å². The Morgan fingerprint density at radius 3 is 1.92 bits per heavy atom. The van der Waals surface area contributed by atoms with Crippen LogP contribution < -0.4 is 0 Å². The highest BCUT2D eigenvalue weighted by Gasteiger charge is 2.39. The van der Waals surface area contributed by atoms with Crippen molar-refractivity contribution in [3.8, 4) is 0 Å². The van der Waals surface area contributed by atoms with Gasteiger partial charge in [-0.3, -0.25) is 4.79 Å². The van der Waals surface area contributed by atoms with Crippen LogP contribution in [0.1, 0.15) is 73.2 Å². The van der Waals surface area contributed by atoms with Gasteiger partial charge in [0.05, 0.1) is 0 Å². The molecule has 0 atom stereocenters. The zero-order valence-electron chi connectivity index (χ0n) is 13.8. The van der Waals surface area contributed by atoms with Gasteiger partial charge in [-0.15, -0.1) is 0 Å². The topological polar surface area (TPSA) is 17.1 Å². The molecule has 2 saturated carbocycles. The number of hydrogen-bond donors (Lipinski definition) is 0. The lowest BCUT2D eigenvalue weighted by Gasteiger charge is -2.36. The van der Waals surface area contributed by atoms with E-state index in [0.717, 1.165) is 30.2 Å². The molecular formula is C20H24F3O. The van der Waals surface area contributed by atoms with Crippen molar-refractivity contribution in [2.24, 2.45) is 11.8 Å². The summed E-state index contributed by atoms with van der Waals surface area (Å²) in [5, 5.41) is 0. The second-order valence-corrected chi connectivity index (χ2v) is 7.26. The number of ketones is 1. The fourth-order valence-corrected chi connectivity index (χ4v) is 4.42. The largest absolute Gasteiger partial charge is 0.454 e. The predicted molar refractivity (Wildman–Crippen MR) is 87.8 cm³/mol. The summed E-state index contributed by atoms with van der Waals surface area (Å²) in [6, 6.07) is 6.07. The highest BCUT2D eigenvalue weighted by atomic mass is 19.4. The van der Waals surface area contributed by atoms with Crippen molar-refractivity contribution in [1.82, 2.24) is 0 Å². The molecular weight excluding hydrogens is 313 g/mol. The Morgan fingerprint density at radius 1 is 0.833 bits per heavy atom. The molecule has 0 aliphatic heterocycles. The Balaban J connectivity index is 1.57. The van der Waals surface area contributed by atoms with Crippen molar-refractivity contribution in [3.63, 3.8) is 0 Å². The van der Waals surface area contributed by atoms with Gasteiger partial charge in [-0.2, -0.15) is 13.2 Å². The standard InChI is InChI=1S/C20H24F3O/c21-20(22,23)19(24)18-12-10-17(11-13-18)16-8-6-15(7-9-16)14-4-2-1-3-5-14/h1,10-16H,2-9H2. The van der Waals surface area contributed by atoms with Crippen molar-refractivity contribution in [1.29, 1.82) is 0 Å². The highest BCUT2D eigenvalue weighted by molar-refractivity contribution is 6.00. The molecule has 24 heavy (non-hydrogen) atoms. The van der Waals surface area contributed by atoms with Crippen LogP contribution in [0.15, 0.2) is 24.3 Å². The fraction of sp³-hybridized carbons (Fsp3) is 0.600. The first-order valence-corrected chi connectivity index (χ1v) is 8.98. The Morgan fingerprint density at radius 2 is 1.38 bits per heavy atom. The van der Waals surface area contributed by atoms with Crippen LogP contribution in [0.5, 0.6) is 0 Å². The molecule has 2 aliphatic rings. The van der Waals surface area contributed by atoms with E-state index >= 15 is 0 Å². The van der Waals surface area contributed by atoms with Gasteiger partial charge >= 0.3 is 6.18 Å². The lowest BCUT2D eigenvalue weighted by molar-refractivity contribution is -0.0885. The molecule has 0 saturated heterocycles. The molecule has 3 rings (SSSR count). The van der Waals surface area contributed by atoms with Crippen LogP contribution >= 0.6 is 0 Å². The van der Waals surface area contributed by atoms with E-state index in [0.29, 0.717) is 5.92 Å². The molecule has 0 spiro atoms. The molecule has 2 fully saturated rings. The van der Waals surface area contributed by atoms with E-state index in [2.05, 4.69) is 6.42 Å². The van der Waals surface area contributed by atoms with Gasteiger partial charge in [0, 0.05) is 5.56 Å². The second kappa shape index (κ2) is 7.28. The summed E-state index contributed by atoms with van der Waals surface area (Å²) < 4.78 is 37.4. The average molecular weight is 337 g/mol. The minimum Gasteiger partial charge on any atom is -0.284 e. The zero-order valence-corrected chi connectivity index (χ0v) is 13.8. The predicted octanol–water partition coefficient (Wildman–Crippen LogP) is 6.10. The number of hydrogen-bond acceptors (Lipinski definition) is 1. The number of Topliss-reactive ketones (excluding diaryl/α,β-unsaturated/α-hetero) is 1. The lowest BCUT2D eigenvalue weighted by atomic mass is 9.70. The number of halogens is 3. The summed E-state index contributed by atoms with van der Waals surface area (Å²) in [4.78, 5) is 11.2. The van der Waals surface area contributed by atoms with E-state index in [1.165, 1.54) is 50.7 Å². The van der Waals surface area contributed by atoms with Crippen molar-refractivity contribution < 1.29 is 18.0 Å². The molecule has 4 heteroatoms. The van der Waals surface area contributed by atoms with Crippen molar-refractivity contribution in [2.45, 2.75) is 63.5 Å². The maximum Gasteiger partial charge on any atom is 0.454 e. The number of alkyl halides is 3. The van der Waals surface area contributed by atoms with Gasteiger partial charge < -0.3 is 0 Å². The minimum atomic E-state index is -4.79. The van der Waals surface area contributed by atoms with Crippen LogP contribution in [-0.4, -0.2) is 12.0 Å². The van der Waals surface area contributed by atoms with Gasteiger partial charge in [0.1, 0.15) is 0 Å². The maximum atomic E-state index is 12.5. The molecule has 1 aromatic rings. The van der Waals surface area contributed by atoms with Crippen LogP contribution in [0.2, 0.25) is 0 Å². The number of rotatable bonds is 3. The van der Waals surface area contributed by atoms with E-state index in [4.69, 9.17) is 0 Å². The summed E-state index contributed by atoms with van der Waals surface area (Å²) in [7, 11) is 0. The normalized spacial score (nSPS) is 26.3. The molecule has 0 N–H and O–H groups in total. The Bertz CT molecular complexity index is 547. The first-order valence-electron chi connectivity index (χ1n) is 8.98. The number of carbonyl (C=O) groups excluding carboxylic acids is 1. The van der Waals surface area contributed by atoms with Crippen molar-refractivity contribution in [3.05, 3.63) is 41.8 Å². The highest BCUT2D eigenvalue weighted by Crippen LogP contribution is 2.42. The molecule has 1 aromatic carbocycles. The number of benzene rings is 1. The second-order valence-electron chi connectivity index (χ2n) is 7.26. The van der Waals surface area contributed by atoms with Gasteiger partial charge in [0.2, 0.25) is 0 Å². The third-order valence-electron chi connectivity index (χ3n) is 5.82. The van der Waals surface area contributed by atoms with Crippen LogP contribution in [0.3, 0.4) is 0 Å². The van der Waals surface area contributed by atoms with E-state index in [1.807, 2.05) is 0 Å². The maximum absolute atomic E-state index is 12.5. The first-order chi connectivity index (χ1) is 11.4. The van der Waals surface area contributed by atoms with E-state index < -0.39 is 12.0 Å². The van der Waals surface area contributed by atoms with Crippen LogP contribution in [-0.2, 0) is 0 Å². The SMILES string of the molecule is O=C(c1ccc(C2CCC(C3CC[CH]CC3)CC2)cc1)C(F)(F)F. The molecule has 0 amide bonds. The molecule has 1 radical (unpaired) electrons. The summed E-state index contributed by atoms with van der Waals surface area (Å²) in [6.07, 6.45) is 7.40. The van der Waals surface area contributed by atoms with Gasteiger partial charge in [0.25, 0.3) is 5.78 Å². The van der Waals surface area contributed by atoms with Gasteiger partial charge in [-0.1, -0.05) is 24.3 Å². The molecule has 0 aromatic heterocycles. The summed E-state index contributed by atoms with van der Waals surface area (Å²) in [5.74, 6) is 0.349. The smallest absolute Gasteiger partial charge is 0.284 e. The molecule has 131 valence electrons. The Hall–Kier alpha value is -1.32. The molecule has 0 unspecified atom stereocenters. The van der Waals surface area contributed by atoms with Crippen LogP contribution in [0.25, 0.3) is 0 Å². The summed E-state index contributed by atoms with van der Waals surface area (Å²) in [6.45, 7) is 0. The Labute approximate surface area is 141 Å². The van der Waals surface area contributed by atoms with Crippen molar-refractivity contribution in [2.75, 3.05) is 0 Å². The Kier molecular flexibility index (Phi) is 5.31. The molecule has 2 aliphatic carbocycles. The lowest BCUT2D eigenvalue weighted by Crippen LogP contribution is -2.23. The molecule has 0 heterocycles. The van der Waals surface area contributed by atoms with Crippen LogP contribution in [0, 0.1) is 18.3 Å². The fourth-order valence-electron chi connectivity index (χ4n) is 4.42. The zero-order chi connectivity index (χ0) is 17.2. The monoisotopic (exact) mass is 337 g/mol. The van der Waals surface area contributed by atoms with E-state index in [1.54, 1.807) is 12.1 Å². The van der Waals surface area contributed by atoms with E-state index in [9.17, 15) is 18.0 Å². The third kappa shape index (κ3) is 4.01. The summed E-state index contributed by atoms with van der Waals surface area (Å²) >= 11 is 0. The quantitative estimate of drug-likeness (QED) is 0.609. The molecule has 1 nitrogen and oxygen atoms in total. The van der Waals surface area contributed by atoms with Crippen LogP contribution in [0.4, 0.5) is 13.2 Å². The van der Waals surface area contributed by atoms with Gasteiger partial charge in [0.15, 0.2) is 0 Å². The van der Waals surface area contributed by atoms with Crippen molar-refractivity contribution >= 4 is 5.78 Å². The third-order valence-corrected chi connectivity index (χ3v) is 5.82. The van der Waals surface area contributed by atoms with E-state index in [-0.39, 0.29) is 5.56 Å². The number of carbonyl (C=O) groups is 1. The van der Waals surface area contributed by atoms with Gasteiger partial charge in [-0.25, -0.2) is 0 Å². The summed E-state index contributed by atoms with van der Waals surface area (Å²) in [5.41, 5.74) is 0.808. The minimum absolute atomic E-state index is 0.265. The first kappa shape index (κ1) is 17.5. The molecule has 0 bridgehead atoms.